The molecule has 0 aliphatic rings. The van der Waals surface area contributed by atoms with Crippen molar-refractivity contribution in [1.29, 1.82) is 0 Å². The second-order valence-electron chi connectivity index (χ2n) is 2.97. The van der Waals surface area contributed by atoms with Crippen LogP contribution >= 0.6 is 0 Å². The fourth-order valence-electron chi connectivity index (χ4n) is 0.861. The molecule has 0 spiro atoms. The summed E-state index contributed by atoms with van der Waals surface area (Å²) < 4.78 is 4.76. The lowest BCUT2D eigenvalue weighted by atomic mass is 10.4. The highest BCUT2D eigenvalue weighted by molar-refractivity contribution is 5.84. The SMILES string of the molecule is CNCCC(=O)NCC(=O)NCCOC. The highest BCUT2D eigenvalue weighted by Gasteiger charge is 2.03. The van der Waals surface area contributed by atoms with Crippen LogP contribution < -0.4 is 16.0 Å². The minimum Gasteiger partial charge on any atom is -0.383 e. The lowest BCUT2D eigenvalue weighted by Crippen LogP contribution is -2.38. The van der Waals surface area contributed by atoms with Gasteiger partial charge in [-0.15, -0.1) is 0 Å². The molecule has 0 heterocycles. The standard InChI is InChI=1S/C9H19N3O3/c1-10-4-3-8(13)12-7-9(14)11-5-6-15-2/h10H,3-7H2,1-2H3,(H,11,14)(H,12,13). The summed E-state index contributed by atoms with van der Waals surface area (Å²) in [5, 5.41) is 7.96. The number of carbonyl (C=O) groups is 2. The molecule has 0 atom stereocenters. The molecule has 0 rings (SSSR count). The van der Waals surface area contributed by atoms with Gasteiger partial charge in [-0.3, -0.25) is 9.59 Å². The van der Waals surface area contributed by atoms with E-state index in [4.69, 9.17) is 4.74 Å². The fraction of sp³-hybridized carbons (Fsp3) is 0.778. The first kappa shape index (κ1) is 13.9. The number of hydrogen-bond acceptors (Lipinski definition) is 4. The van der Waals surface area contributed by atoms with Crippen LogP contribution in [-0.2, 0) is 14.3 Å². The molecule has 88 valence electrons. The van der Waals surface area contributed by atoms with Crippen molar-refractivity contribution in [2.75, 3.05) is 40.4 Å². The molecular weight excluding hydrogens is 198 g/mol. The van der Waals surface area contributed by atoms with E-state index in [1.165, 1.54) is 0 Å². The third kappa shape index (κ3) is 9.17. The summed E-state index contributed by atoms with van der Waals surface area (Å²) in [6.45, 7) is 1.56. The Morgan fingerprint density at radius 2 is 1.87 bits per heavy atom. The highest BCUT2D eigenvalue weighted by Crippen LogP contribution is 1.76. The van der Waals surface area contributed by atoms with Gasteiger partial charge in [-0.05, 0) is 7.05 Å². The Kier molecular flexibility index (Phi) is 8.70. The molecule has 0 aromatic heterocycles. The molecule has 0 saturated carbocycles. The van der Waals surface area contributed by atoms with Crippen LogP contribution in [-0.4, -0.2) is 52.2 Å². The van der Waals surface area contributed by atoms with Gasteiger partial charge >= 0.3 is 0 Å². The zero-order valence-corrected chi connectivity index (χ0v) is 9.26. The van der Waals surface area contributed by atoms with Gasteiger partial charge in [0.15, 0.2) is 0 Å². The molecule has 0 aromatic rings. The van der Waals surface area contributed by atoms with E-state index in [2.05, 4.69) is 16.0 Å². The molecular formula is C9H19N3O3. The maximum Gasteiger partial charge on any atom is 0.239 e. The van der Waals surface area contributed by atoms with Gasteiger partial charge < -0.3 is 20.7 Å². The van der Waals surface area contributed by atoms with E-state index < -0.39 is 0 Å². The lowest BCUT2D eigenvalue weighted by molar-refractivity contribution is -0.126. The summed E-state index contributed by atoms with van der Waals surface area (Å²) in [6, 6.07) is 0. The number of carbonyl (C=O) groups excluding carboxylic acids is 2. The number of nitrogens with one attached hydrogen (secondary N) is 3. The van der Waals surface area contributed by atoms with Crippen molar-refractivity contribution in [3.05, 3.63) is 0 Å². The Morgan fingerprint density at radius 1 is 1.13 bits per heavy atom. The Hall–Kier alpha value is -1.14. The second-order valence-corrected chi connectivity index (χ2v) is 2.97. The smallest absolute Gasteiger partial charge is 0.239 e. The molecule has 3 N–H and O–H groups in total. The molecule has 0 aromatic carbocycles. The number of amides is 2. The van der Waals surface area contributed by atoms with E-state index in [1.54, 1.807) is 14.2 Å². The number of methoxy groups -OCH3 is 1. The average molecular weight is 217 g/mol. The van der Waals surface area contributed by atoms with E-state index in [-0.39, 0.29) is 18.4 Å². The average Bonchev–Trinajstić information content (AvgIpc) is 2.24. The monoisotopic (exact) mass is 217 g/mol. The van der Waals surface area contributed by atoms with Crippen LogP contribution in [0.3, 0.4) is 0 Å². The van der Waals surface area contributed by atoms with Crippen LogP contribution in [0.1, 0.15) is 6.42 Å². The second kappa shape index (κ2) is 9.42. The fourth-order valence-corrected chi connectivity index (χ4v) is 0.861. The zero-order chi connectivity index (χ0) is 11.5. The van der Waals surface area contributed by atoms with Crippen LogP contribution in [0.25, 0.3) is 0 Å². The maximum atomic E-state index is 11.1. The van der Waals surface area contributed by atoms with Gasteiger partial charge in [0.2, 0.25) is 11.8 Å². The minimum atomic E-state index is -0.204. The molecule has 0 fully saturated rings. The highest BCUT2D eigenvalue weighted by atomic mass is 16.5. The van der Waals surface area contributed by atoms with Crippen molar-refractivity contribution >= 4 is 11.8 Å². The summed E-state index contributed by atoms with van der Waals surface area (Å²) >= 11 is 0. The van der Waals surface area contributed by atoms with Gasteiger partial charge in [0, 0.05) is 26.6 Å². The minimum absolute atomic E-state index is 0.0201. The Bertz CT molecular complexity index is 197. The molecule has 0 saturated heterocycles. The largest absolute Gasteiger partial charge is 0.383 e. The van der Waals surface area contributed by atoms with E-state index in [0.717, 1.165) is 0 Å². The van der Waals surface area contributed by atoms with Gasteiger partial charge in [0.25, 0.3) is 0 Å². The predicted molar refractivity (Wildman–Crippen MR) is 56.4 cm³/mol. The summed E-state index contributed by atoms with van der Waals surface area (Å²) in [6.07, 6.45) is 0.377. The summed E-state index contributed by atoms with van der Waals surface area (Å²) in [5.74, 6) is -0.337. The lowest BCUT2D eigenvalue weighted by Gasteiger charge is -2.06. The molecule has 0 unspecified atom stereocenters. The number of hydrogen-bond donors (Lipinski definition) is 3. The predicted octanol–water partition coefficient (Wildman–Crippen LogP) is -1.53. The van der Waals surface area contributed by atoms with Crippen molar-refractivity contribution < 1.29 is 14.3 Å². The molecule has 6 nitrogen and oxygen atoms in total. The quantitative estimate of drug-likeness (QED) is 0.431. The van der Waals surface area contributed by atoms with Crippen LogP contribution in [0, 0.1) is 0 Å². The number of rotatable bonds is 8. The van der Waals surface area contributed by atoms with Crippen LogP contribution in [0.15, 0.2) is 0 Å². The number of ether oxygens (including phenoxy) is 1. The van der Waals surface area contributed by atoms with Crippen molar-refractivity contribution in [1.82, 2.24) is 16.0 Å². The van der Waals surface area contributed by atoms with Gasteiger partial charge in [-0.1, -0.05) is 0 Å². The first-order chi connectivity index (χ1) is 7.20. The summed E-state index contributed by atoms with van der Waals surface area (Å²) in [7, 11) is 3.33. The van der Waals surface area contributed by atoms with Gasteiger partial charge in [-0.2, -0.15) is 0 Å². The van der Waals surface area contributed by atoms with Gasteiger partial charge in [0.05, 0.1) is 13.2 Å². The molecule has 0 aliphatic carbocycles. The first-order valence-corrected chi connectivity index (χ1v) is 4.87. The molecule has 0 radical (unpaired) electrons. The van der Waals surface area contributed by atoms with Crippen LogP contribution in [0.2, 0.25) is 0 Å². The topological polar surface area (TPSA) is 79.5 Å². The van der Waals surface area contributed by atoms with Crippen molar-refractivity contribution in [3.63, 3.8) is 0 Å². The molecule has 0 bridgehead atoms. The van der Waals surface area contributed by atoms with E-state index in [9.17, 15) is 9.59 Å². The zero-order valence-electron chi connectivity index (χ0n) is 9.26. The molecule has 6 heteroatoms. The normalized spacial score (nSPS) is 9.73. The maximum absolute atomic E-state index is 11.1. The van der Waals surface area contributed by atoms with Crippen LogP contribution in [0.4, 0.5) is 0 Å². The van der Waals surface area contributed by atoms with E-state index in [0.29, 0.717) is 26.1 Å². The summed E-state index contributed by atoms with van der Waals surface area (Å²) in [5.41, 5.74) is 0. The first-order valence-electron chi connectivity index (χ1n) is 4.87. The molecule has 15 heavy (non-hydrogen) atoms. The Morgan fingerprint density at radius 3 is 2.47 bits per heavy atom. The van der Waals surface area contributed by atoms with Crippen molar-refractivity contribution in [2.45, 2.75) is 6.42 Å². The molecule has 0 aliphatic heterocycles. The van der Waals surface area contributed by atoms with Crippen LogP contribution in [0.5, 0.6) is 0 Å². The summed E-state index contributed by atoms with van der Waals surface area (Å²) in [4.78, 5) is 22.2. The Balaban J connectivity index is 3.40. The van der Waals surface area contributed by atoms with Crippen molar-refractivity contribution in [2.24, 2.45) is 0 Å². The third-order valence-electron chi connectivity index (χ3n) is 1.68. The molecule has 2 amide bonds. The third-order valence-corrected chi connectivity index (χ3v) is 1.68. The van der Waals surface area contributed by atoms with Gasteiger partial charge in [-0.25, -0.2) is 0 Å². The van der Waals surface area contributed by atoms with Crippen molar-refractivity contribution in [3.8, 4) is 0 Å². The van der Waals surface area contributed by atoms with E-state index in [1.807, 2.05) is 0 Å². The Labute approximate surface area is 89.7 Å². The van der Waals surface area contributed by atoms with Gasteiger partial charge in [0.1, 0.15) is 0 Å². The van der Waals surface area contributed by atoms with E-state index >= 15 is 0 Å².